The van der Waals surface area contributed by atoms with Crippen LogP contribution in [-0.4, -0.2) is 38.1 Å². The number of aliphatic hydroxyl groups is 1. The summed E-state index contributed by atoms with van der Waals surface area (Å²) in [4.78, 5) is 25.4. The fourth-order valence-corrected chi connectivity index (χ4v) is 3.06. The molecule has 2 heterocycles. The van der Waals surface area contributed by atoms with Crippen molar-refractivity contribution in [3.63, 3.8) is 0 Å². The van der Waals surface area contributed by atoms with Gasteiger partial charge in [-0.1, -0.05) is 6.07 Å². The highest BCUT2D eigenvalue weighted by Gasteiger charge is 2.40. The van der Waals surface area contributed by atoms with Crippen LogP contribution in [0, 0.1) is 17.6 Å². The van der Waals surface area contributed by atoms with Crippen molar-refractivity contribution in [3.8, 4) is 0 Å². The number of likely N-dealkylation sites (tertiary alicyclic amines) is 1. The molecule has 1 saturated heterocycles. The first-order chi connectivity index (χ1) is 11.9. The summed E-state index contributed by atoms with van der Waals surface area (Å²) in [6.07, 6.45) is 2.10. The van der Waals surface area contributed by atoms with Crippen LogP contribution >= 0.6 is 0 Å². The van der Waals surface area contributed by atoms with Gasteiger partial charge in [0.05, 0.1) is 24.2 Å². The highest BCUT2D eigenvalue weighted by atomic mass is 19.1. The highest BCUT2D eigenvalue weighted by Crippen LogP contribution is 2.27. The van der Waals surface area contributed by atoms with Gasteiger partial charge in [0.2, 0.25) is 11.8 Å². The second-order valence-corrected chi connectivity index (χ2v) is 6.12. The molecule has 2 atom stereocenters. The molecule has 132 valence electrons. The minimum absolute atomic E-state index is 0.000200. The first-order valence-corrected chi connectivity index (χ1v) is 7.80. The fourth-order valence-electron chi connectivity index (χ4n) is 3.06. The van der Waals surface area contributed by atoms with Gasteiger partial charge in [0, 0.05) is 19.7 Å². The lowest BCUT2D eigenvalue weighted by molar-refractivity contribution is -0.141. The normalized spacial score (nSPS) is 18.9. The molecule has 2 aromatic rings. The molecule has 0 saturated carbocycles. The van der Waals surface area contributed by atoms with Crippen LogP contribution in [0.4, 0.5) is 8.78 Å². The zero-order valence-corrected chi connectivity index (χ0v) is 13.5. The van der Waals surface area contributed by atoms with E-state index in [1.54, 1.807) is 24.1 Å². The van der Waals surface area contributed by atoms with E-state index in [-0.39, 0.29) is 6.42 Å². The molecule has 1 aromatic carbocycles. The first-order valence-electron chi connectivity index (χ1n) is 7.80. The molecule has 0 bridgehead atoms. The molecule has 0 spiro atoms. The van der Waals surface area contributed by atoms with Gasteiger partial charge in [-0.2, -0.15) is 5.10 Å². The number of imide groups is 1. The van der Waals surface area contributed by atoms with E-state index in [0.29, 0.717) is 6.42 Å². The van der Waals surface area contributed by atoms with E-state index in [1.165, 1.54) is 6.07 Å². The number of β-amino-alcohol motifs (C(OH)–C–C–N with tert-alkyl or cyclic N) is 1. The van der Waals surface area contributed by atoms with Crippen LogP contribution in [0.15, 0.2) is 30.6 Å². The van der Waals surface area contributed by atoms with Crippen LogP contribution in [0.5, 0.6) is 0 Å². The van der Waals surface area contributed by atoms with Crippen LogP contribution in [0.3, 0.4) is 0 Å². The van der Waals surface area contributed by atoms with Gasteiger partial charge in [0.25, 0.3) is 0 Å². The van der Waals surface area contributed by atoms with Gasteiger partial charge in [-0.15, -0.1) is 0 Å². The molecule has 1 aliphatic rings. The molecule has 1 aliphatic heterocycles. The molecule has 25 heavy (non-hydrogen) atoms. The van der Waals surface area contributed by atoms with Gasteiger partial charge in [0.15, 0.2) is 0 Å². The molecule has 1 aromatic heterocycles. The SMILES string of the molecule is Cn1cc(C[C@H]2CC(=O)N(C[C@@H](O)c3c(F)cccc3F)C2=O)cn1. The third-order valence-electron chi connectivity index (χ3n) is 4.27. The zero-order valence-electron chi connectivity index (χ0n) is 13.5. The summed E-state index contributed by atoms with van der Waals surface area (Å²) in [7, 11) is 1.75. The summed E-state index contributed by atoms with van der Waals surface area (Å²) >= 11 is 0. The summed E-state index contributed by atoms with van der Waals surface area (Å²) in [6.45, 7) is -0.473. The maximum absolute atomic E-state index is 13.7. The number of aryl methyl sites for hydroxylation is 1. The van der Waals surface area contributed by atoms with Gasteiger partial charge in [-0.3, -0.25) is 19.2 Å². The second-order valence-electron chi connectivity index (χ2n) is 6.12. The maximum Gasteiger partial charge on any atom is 0.233 e. The average Bonchev–Trinajstić information content (AvgIpc) is 3.06. The van der Waals surface area contributed by atoms with Crippen molar-refractivity contribution in [1.29, 1.82) is 0 Å². The van der Waals surface area contributed by atoms with E-state index >= 15 is 0 Å². The maximum atomic E-state index is 13.7. The van der Waals surface area contributed by atoms with E-state index in [1.807, 2.05) is 0 Å². The van der Waals surface area contributed by atoms with Crippen molar-refractivity contribution in [1.82, 2.24) is 14.7 Å². The van der Waals surface area contributed by atoms with Crippen LogP contribution in [0.2, 0.25) is 0 Å². The monoisotopic (exact) mass is 349 g/mol. The number of hydrogen-bond donors (Lipinski definition) is 1. The number of halogens is 2. The van der Waals surface area contributed by atoms with Crippen molar-refractivity contribution >= 4 is 11.8 Å². The van der Waals surface area contributed by atoms with Gasteiger partial charge < -0.3 is 5.11 Å². The number of aromatic nitrogens is 2. The Morgan fingerprint density at radius 1 is 1.32 bits per heavy atom. The molecule has 3 rings (SSSR count). The van der Waals surface area contributed by atoms with Gasteiger partial charge in [-0.25, -0.2) is 8.78 Å². The van der Waals surface area contributed by atoms with E-state index in [9.17, 15) is 23.5 Å². The lowest BCUT2D eigenvalue weighted by Crippen LogP contribution is -2.35. The molecular weight excluding hydrogens is 332 g/mol. The molecular formula is C17H17F2N3O3. The van der Waals surface area contributed by atoms with Gasteiger partial charge >= 0.3 is 0 Å². The zero-order chi connectivity index (χ0) is 18.1. The fraction of sp³-hybridized carbons (Fsp3) is 0.353. The van der Waals surface area contributed by atoms with Crippen molar-refractivity contribution in [2.45, 2.75) is 18.9 Å². The number of rotatable bonds is 5. The molecule has 1 N–H and O–H groups in total. The van der Waals surface area contributed by atoms with Crippen LogP contribution < -0.4 is 0 Å². The van der Waals surface area contributed by atoms with E-state index in [0.717, 1.165) is 22.6 Å². The molecule has 6 nitrogen and oxygen atoms in total. The number of carbonyl (C=O) groups is 2. The number of aliphatic hydroxyl groups excluding tert-OH is 1. The van der Waals surface area contributed by atoms with Crippen molar-refractivity contribution in [2.24, 2.45) is 13.0 Å². The van der Waals surface area contributed by atoms with Crippen molar-refractivity contribution < 1.29 is 23.5 Å². The van der Waals surface area contributed by atoms with Gasteiger partial charge in [-0.05, 0) is 24.1 Å². The second kappa shape index (κ2) is 6.72. The van der Waals surface area contributed by atoms with E-state index in [4.69, 9.17) is 0 Å². The smallest absolute Gasteiger partial charge is 0.233 e. The Balaban J connectivity index is 1.72. The Morgan fingerprint density at radius 2 is 2.00 bits per heavy atom. The molecule has 1 fully saturated rings. The lowest BCUT2D eigenvalue weighted by atomic mass is 10.0. The molecule has 0 unspecified atom stereocenters. The van der Waals surface area contributed by atoms with E-state index < -0.39 is 47.6 Å². The van der Waals surface area contributed by atoms with Crippen molar-refractivity contribution in [2.75, 3.05) is 6.54 Å². The molecule has 0 radical (unpaired) electrons. The lowest BCUT2D eigenvalue weighted by Gasteiger charge is -2.20. The minimum Gasteiger partial charge on any atom is -0.386 e. The third kappa shape index (κ3) is 3.43. The third-order valence-corrected chi connectivity index (χ3v) is 4.27. The topological polar surface area (TPSA) is 75.4 Å². The Kier molecular flexibility index (Phi) is 4.63. The van der Waals surface area contributed by atoms with Crippen LogP contribution in [-0.2, 0) is 23.1 Å². The largest absolute Gasteiger partial charge is 0.386 e. The quantitative estimate of drug-likeness (QED) is 0.827. The Morgan fingerprint density at radius 3 is 2.60 bits per heavy atom. The highest BCUT2D eigenvalue weighted by molar-refractivity contribution is 6.03. The van der Waals surface area contributed by atoms with Gasteiger partial charge in [0.1, 0.15) is 17.7 Å². The summed E-state index contributed by atoms with van der Waals surface area (Å²) < 4.78 is 29.1. The number of benzene rings is 1. The summed E-state index contributed by atoms with van der Waals surface area (Å²) in [6, 6.07) is 3.21. The molecule has 0 aliphatic carbocycles. The number of nitrogens with zero attached hydrogens (tertiary/aromatic N) is 3. The minimum atomic E-state index is -1.62. The number of amides is 2. The predicted molar refractivity (Wildman–Crippen MR) is 83.1 cm³/mol. The Labute approximate surface area is 142 Å². The standard InChI is InChI=1S/C17H17F2N3O3/c1-21-8-10(7-20-21)5-11-6-15(24)22(17(11)25)9-14(23)16-12(18)3-2-4-13(16)19/h2-4,7-8,11,14,23H,5-6,9H2,1H3/t11-,14+/m0/s1. The van der Waals surface area contributed by atoms with Crippen molar-refractivity contribution in [3.05, 3.63) is 53.4 Å². The first kappa shape index (κ1) is 17.2. The summed E-state index contributed by atoms with van der Waals surface area (Å²) in [5, 5.41) is 14.1. The Hall–Kier alpha value is -2.61. The molecule has 8 heteroatoms. The van der Waals surface area contributed by atoms with E-state index in [2.05, 4.69) is 5.10 Å². The number of hydrogen-bond acceptors (Lipinski definition) is 4. The van der Waals surface area contributed by atoms with Crippen LogP contribution in [0.1, 0.15) is 23.7 Å². The summed E-state index contributed by atoms with van der Waals surface area (Å²) in [5.74, 6) is -3.31. The molecule has 2 amide bonds. The number of carbonyl (C=O) groups excluding carboxylic acids is 2. The van der Waals surface area contributed by atoms with Crippen LogP contribution in [0.25, 0.3) is 0 Å². The Bertz CT molecular complexity index is 801. The predicted octanol–water partition coefficient (Wildman–Crippen LogP) is 1.35. The average molecular weight is 349 g/mol. The summed E-state index contributed by atoms with van der Waals surface area (Å²) in [5.41, 5.74) is 0.273.